The first kappa shape index (κ1) is 7.52. The second-order valence-electron chi connectivity index (χ2n) is 1.95. The van der Waals surface area contributed by atoms with E-state index in [1.807, 2.05) is 10.1 Å². The molecule has 6 heteroatoms. The van der Waals surface area contributed by atoms with Gasteiger partial charge in [-0.15, -0.1) is 0 Å². The molecule has 0 bridgehead atoms. The van der Waals surface area contributed by atoms with Crippen molar-refractivity contribution in [3.05, 3.63) is 21.0 Å². The fourth-order valence-corrected chi connectivity index (χ4v) is 0.667. The van der Waals surface area contributed by atoms with E-state index < -0.39 is 17.3 Å². The molecule has 6 nitrogen and oxygen atoms in total. The predicted octanol–water partition coefficient (Wildman–Crippen LogP) is -1.09. The number of rotatable bonds is 1. The number of aromatic nitrogens is 3. The Hall–Kier alpha value is -1.59. The number of carbonyl (C=O) groups excluding carboxylic acids is 1. The fraction of sp³-hybridized carbons (Fsp3) is 0.400. The smallest absolute Gasteiger partial charge is 0.272 e. The molecular formula is C5H7N3O3. The van der Waals surface area contributed by atoms with Crippen LogP contribution in [0, 0.1) is 0 Å². The van der Waals surface area contributed by atoms with Crippen LogP contribution in [-0.4, -0.2) is 20.7 Å². The van der Waals surface area contributed by atoms with Crippen molar-refractivity contribution in [1.82, 2.24) is 14.8 Å². The first-order chi connectivity index (χ1) is 5.15. The molecule has 0 fully saturated rings. The van der Waals surface area contributed by atoms with Crippen LogP contribution in [0.25, 0.3) is 0 Å². The van der Waals surface area contributed by atoms with Gasteiger partial charge >= 0.3 is 11.4 Å². The van der Waals surface area contributed by atoms with Gasteiger partial charge in [0.25, 0.3) is 0 Å². The molecule has 0 saturated carbocycles. The highest BCUT2D eigenvalue weighted by atomic mass is 16.2. The third kappa shape index (κ3) is 1.28. The normalized spacial score (nSPS) is 9.91. The largest absolute Gasteiger partial charge is 0.351 e. The fourth-order valence-electron chi connectivity index (χ4n) is 0.667. The van der Waals surface area contributed by atoms with Crippen LogP contribution in [-0.2, 0) is 0 Å². The van der Waals surface area contributed by atoms with E-state index in [1.165, 1.54) is 0 Å². The lowest BCUT2D eigenvalue weighted by Gasteiger charge is -1.91. The van der Waals surface area contributed by atoms with Gasteiger partial charge in [0, 0.05) is 6.42 Å². The van der Waals surface area contributed by atoms with Crippen molar-refractivity contribution in [1.29, 1.82) is 0 Å². The van der Waals surface area contributed by atoms with Crippen molar-refractivity contribution >= 4 is 5.91 Å². The van der Waals surface area contributed by atoms with Gasteiger partial charge in [-0.25, -0.2) is 14.7 Å². The zero-order valence-electron chi connectivity index (χ0n) is 5.88. The monoisotopic (exact) mass is 157 g/mol. The molecule has 60 valence electrons. The van der Waals surface area contributed by atoms with Gasteiger partial charge in [0.05, 0.1) is 0 Å². The lowest BCUT2D eigenvalue weighted by Crippen LogP contribution is -2.24. The summed E-state index contributed by atoms with van der Waals surface area (Å²) < 4.78 is 0.655. The quantitative estimate of drug-likeness (QED) is 0.543. The van der Waals surface area contributed by atoms with Gasteiger partial charge < -0.3 is 0 Å². The van der Waals surface area contributed by atoms with Gasteiger partial charge in [-0.1, -0.05) is 6.92 Å². The minimum atomic E-state index is -0.721. The van der Waals surface area contributed by atoms with E-state index in [9.17, 15) is 14.4 Å². The van der Waals surface area contributed by atoms with E-state index in [0.717, 1.165) is 0 Å². The van der Waals surface area contributed by atoms with Crippen LogP contribution < -0.4 is 11.4 Å². The van der Waals surface area contributed by atoms with Crippen molar-refractivity contribution < 1.29 is 4.79 Å². The summed E-state index contributed by atoms with van der Waals surface area (Å²) in [5, 5.41) is 2.04. The number of hydrogen-bond donors (Lipinski definition) is 2. The van der Waals surface area contributed by atoms with Gasteiger partial charge in [0.1, 0.15) is 0 Å². The predicted molar refractivity (Wildman–Crippen MR) is 36.6 cm³/mol. The lowest BCUT2D eigenvalue weighted by molar-refractivity contribution is 0.0888. The van der Waals surface area contributed by atoms with E-state index in [0.29, 0.717) is 4.68 Å². The summed E-state index contributed by atoms with van der Waals surface area (Å²) in [5.74, 6) is -0.437. The minimum absolute atomic E-state index is 0.174. The summed E-state index contributed by atoms with van der Waals surface area (Å²) in [4.78, 5) is 33.9. The molecule has 1 rings (SSSR count). The molecule has 0 spiro atoms. The van der Waals surface area contributed by atoms with Crippen LogP contribution in [0.4, 0.5) is 0 Å². The Morgan fingerprint density at radius 3 is 2.55 bits per heavy atom. The Bertz CT molecular complexity index is 369. The number of aromatic amines is 2. The minimum Gasteiger partial charge on any atom is -0.272 e. The molecule has 0 aliphatic carbocycles. The molecule has 0 saturated heterocycles. The summed E-state index contributed by atoms with van der Waals surface area (Å²) in [7, 11) is 0. The van der Waals surface area contributed by atoms with Crippen molar-refractivity contribution in [2.75, 3.05) is 0 Å². The molecule has 11 heavy (non-hydrogen) atoms. The maximum absolute atomic E-state index is 10.8. The Morgan fingerprint density at radius 1 is 1.55 bits per heavy atom. The SMILES string of the molecule is CCC(=O)n1[nH]c(=O)[nH]c1=O. The number of nitrogens with zero attached hydrogens (tertiary/aromatic N) is 1. The highest BCUT2D eigenvalue weighted by Gasteiger charge is 2.05. The van der Waals surface area contributed by atoms with E-state index in [4.69, 9.17) is 0 Å². The molecule has 0 amide bonds. The molecule has 2 N–H and O–H groups in total. The Labute approximate surface area is 60.8 Å². The van der Waals surface area contributed by atoms with Crippen molar-refractivity contribution in [3.63, 3.8) is 0 Å². The van der Waals surface area contributed by atoms with Crippen molar-refractivity contribution in [2.45, 2.75) is 13.3 Å². The zero-order valence-corrected chi connectivity index (χ0v) is 5.88. The van der Waals surface area contributed by atoms with E-state index >= 15 is 0 Å². The summed E-state index contributed by atoms with van der Waals surface area (Å²) >= 11 is 0. The number of nitrogens with one attached hydrogen (secondary N) is 2. The molecule has 1 aromatic rings. The Balaban J connectivity index is 3.24. The molecule has 1 heterocycles. The number of carbonyl (C=O) groups is 1. The number of hydrogen-bond acceptors (Lipinski definition) is 3. The third-order valence-electron chi connectivity index (χ3n) is 1.19. The van der Waals surface area contributed by atoms with Crippen LogP contribution in [0.1, 0.15) is 18.1 Å². The van der Waals surface area contributed by atoms with Crippen LogP contribution in [0.5, 0.6) is 0 Å². The second-order valence-corrected chi connectivity index (χ2v) is 1.95. The molecular weight excluding hydrogens is 150 g/mol. The molecule has 0 radical (unpaired) electrons. The topological polar surface area (TPSA) is 87.7 Å². The molecule has 0 unspecified atom stereocenters. The van der Waals surface area contributed by atoms with Crippen LogP contribution >= 0.6 is 0 Å². The standard InChI is InChI=1S/C5H7N3O3/c1-2-3(9)8-5(11)6-4(10)7-8/h2H2,1H3,(H2,6,7,10,11). The molecule has 0 aliphatic rings. The second kappa shape index (κ2) is 2.57. The van der Waals surface area contributed by atoms with E-state index in [1.54, 1.807) is 6.92 Å². The van der Waals surface area contributed by atoms with Crippen LogP contribution in [0.3, 0.4) is 0 Å². The molecule has 1 aromatic heterocycles. The van der Waals surface area contributed by atoms with Crippen LogP contribution in [0.2, 0.25) is 0 Å². The first-order valence-corrected chi connectivity index (χ1v) is 3.09. The maximum Gasteiger partial charge on any atom is 0.351 e. The van der Waals surface area contributed by atoms with Gasteiger partial charge in [0.15, 0.2) is 0 Å². The van der Waals surface area contributed by atoms with Gasteiger partial charge in [0.2, 0.25) is 5.91 Å². The molecule has 0 atom stereocenters. The Kier molecular flexibility index (Phi) is 1.75. The first-order valence-electron chi connectivity index (χ1n) is 3.09. The third-order valence-corrected chi connectivity index (χ3v) is 1.19. The highest BCUT2D eigenvalue weighted by Crippen LogP contribution is 1.78. The van der Waals surface area contributed by atoms with Crippen LogP contribution in [0.15, 0.2) is 9.59 Å². The van der Waals surface area contributed by atoms with E-state index in [-0.39, 0.29) is 6.42 Å². The molecule has 0 aromatic carbocycles. The number of H-pyrrole nitrogens is 2. The zero-order chi connectivity index (χ0) is 8.43. The van der Waals surface area contributed by atoms with Gasteiger partial charge in [-0.3, -0.25) is 9.78 Å². The van der Waals surface area contributed by atoms with E-state index in [2.05, 4.69) is 0 Å². The highest BCUT2D eigenvalue weighted by molar-refractivity contribution is 5.77. The lowest BCUT2D eigenvalue weighted by atomic mass is 10.5. The van der Waals surface area contributed by atoms with Gasteiger partial charge in [-0.2, -0.15) is 4.68 Å². The maximum atomic E-state index is 10.8. The summed E-state index contributed by atoms with van der Waals surface area (Å²) in [5.41, 5.74) is -1.39. The van der Waals surface area contributed by atoms with Gasteiger partial charge in [-0.05, 0) is 0 Å². The molecule has 0 aliphatic heterocycles. The average Bonchev–Trinajstić information content (AvgIpc) is 2.28. The summed E-state index contributed by atoms with van der Waals surface area (Å²) in [6.45, 7) is 1.60. The Morgan fingerprint density at radius 2 is 2.18 bits per heavy atom. The average molecular weight is 157 g/mol. The van der Waals surface area contributed by atoms with Crippen molar-refractivity contribution in [3.8, 4) is 0 Å². The van der Waals surface area contributed by atoms with Crippen molar-refractivity contribution in [2.24, 2.45) is 0 Å². The summed E-state index contributed by atoms with van der Waals surface area (Å²) in [6.07, 6.45) is 0.174. The summed E-state index contributed by atoms with van der Waals surface area (Å²) in [6, 6.07) is 0.